The van der Waals surface area contributed by atoms with Crippen molar-refractivity contribution in [1.29, 1.82) is 0 Å². The maximum absolute atomic E-state index is 4.14. The molecule has 3 heteroatoms. The van der Waals surface area contributed by atoms with Crippen LogP contribution in [0.5, 0.6) is 0 Å². The van der Waals surface area contributed by atoms with Crippen molar-refractivity contribution < 1.29 is 0 Å². The molecule has 0 fully saturated rings. The fourth-order valence-electron chi connectivity index (χ4n) is 1.90. The topological polar surface area (TPSA) is 38.5 Å². The number of nitrogens with zero attached hydrogens (tertiary/aromatic N) is 2. The molecule has 1 heterocycles. The Morgan fingerprint density at radius 1 is 0.842 bits per heavy atom. The standard InChI is InChI=1S/C16H13N3/c1-3-7-13(8-4-1)11-12-15-16(18-19-17-15)14-9-5-2-6-10-14/h1-12H,(H,17,18)/q+1. The van der Waals surface area contributed by atoms with Crippen LogP contribution in [0.15, 0.2) is 77.6 Å². The van der Waals surface area contributed by atoms with Gasteiger partial charge in [-0.25, -0.2) is 0 Å². The van der Waals surface area contributed by atoms with Crippen molar-refractivity contribution in [2.75, 3.05) is 0 Å². The van der Waals surface area contributed by atoms with Gasteiger partial charge in [-0.2, -0.15) is 0 Å². The van der Waals surface area contributed by atoms with E-state index in [1.54, 1.807) is 0 Å². The number of hydrogen-bond donors (Lipinski definition) is 1. The van der Waals surface area contributed by atoms with Crippen molar-refractivity contribution in [2.45, 2.75) is 0 Å². The average molecular weight is 247 g/mol. The molecule has 0 aromatic heterocycles. The minimum atomic E-state index is 0.868. The quantitative estimate of drug-likeness (QED) is 0.887. The molecular formula is C16H13N3+. The second-order valence-electron chi connectivity index (χ2n) is 4.18. The Bertz CT molecular complexity index is 640. The third-order valence-corrected chi connectivity index (χ3v) is 2.86. The number of allylic oxidation sites excluding steroid dienone is 1. The van der Waals surface area contributed by atoms with Crippen molar-refractivity contribution in [3.63, 3.8) is 0 Å². The largest absolute Gasteiger partial charge is 0.331 e. The first-order valence-electron chi connectivity index (χ1n) is 6.13. The summed E-state index contributed by atoms with van der Waals surface area (Å²) in [6.07, 6.45) is 4.04. The molecule has 0 atom stereocenters. The molecule has 19 heavy (non-hydrogen) atoms. The van der Waals surface area contributed by atoms with Crippen molar-refractivity contribution in [3.05, 3.63) is 83.6 Å². The smallest absolute Gasteiger partial charge is 0.0687 e. The van der Waals surface area contributed by atoms with E-state index in [0.29, 0.717) is 0 Å². The van der Waals surface area contributed by atoms with E-state index in [1.165, 1.54) is 0 Å². The minimum absolute atomic E-state index is 0.868. The van der Waals surface area contributed by atoms with Crippen LogP contribution in [0, 0.1) is 0 Å². The SMILES string of the molecule is C(=Cc1ccccc1)C1=C(c2ccccc2)N=[N+]N1. The Morgan fingerprint density at radius 3 is 2.26 bits per heavy atom. The molecule has 0 aliphatic carbocycles. The molecule has 0 amide bonds. The summed E-state index contributed by atoms with van der Waals surface area (Å²) < 4.78 is 0. The Morgan fingerprint density at radius 2 is 1.53 bits per heavy atom. The van der Waals surface area contributed by atoms with Crippen LogP contribution in [0.4, 0.5) is 0 Å². The van der Waals surface area contributed by atoms with E-state index in [0.717, 1.165) is 22.5 Å². The molecule has 0 unspecified atom stereocenters. The van der Waals surface area contributed by atoms with E-state index >= 15 is 0 Å². The molecule has 2 aromatic rings. The second-order valence-corrected chi connectivity index (χ2v) is 4.18. The van der Waals surface area contributed by atoms with Gasteiger partial charge in [0.2, 0.25) is 0 Å². The van der Waals surface area contributed by atoms with Gasteiger partial charge in [-0.05, 0) is 11.6 Å². The Labute approximate surface area is 112 Å². The molecule has 0 spiro atoms. The molecular weight excluding hydrogens is 234 g/mol. The molecule has 1 N–H and O–H groups in total. The van der Waals surface area contributed by atoms with E-state index in [1.807, 2.05) is 60.7 Å². The first-order chi connectivity index (χ1) is 9.43. The molecule has 1 radical (unpaired) electrons. The number of benzene rings is 2. The van der Waals surface area contributed by atoms with Gasteiger partial charge in [0, 0.05) is 5.56 Å². The first kappa shape index (κ1) is 11.4. The Balaban J connectivity index is 1.90. The molecule has 3 rings (SSSR count). The zero-order valence-corrected chi connectivity index (χ0v) is 10.3. The van der Waals surface area contributed by atoms with Gasteiger partial charge < -0.3 is 0 Å². The summed E-state index contributed by atoms with van der Waals surface area (Å²) in [6, 6.07) is 20.2. The van der Waals surface area contributed by atoms with Crippen LogP contribution < -0.4 is 10.6 Å². The predicted molar refractivity (Wildman–Crippen MR) is 76.5 cm³/mol. The fourth-order valence-corrected chi connectivity index (χ4v) is 1.90. The molecule has 0 saturated heterocycles. The fraction of sp³-hybridized carbons (Fsp3) is 0. The van der Waals surface area contributed by atoms with Gasteiger partial charge in [-0.1, -0.05) is 72.2 Å². The summed E-state index contributed by atoms with van der Waals surface area (Å²) in [5.74, 6) is 0. The van der Waals surface area contributed by atoms with Gasteiger partial charge in [-0.3, -0.25) is 0 Å². The molecule has 0 bridgehead atoms. The van der Waals surface area contributed by atoms with Crippen molar-refractivity contribution in [3.8, 4) is 0 Å². The Kier molecular flexibility index (Phi) is 3.19. The predicted octanol–water partition coefficient (Wildman–Crippen LogP) is 3.37. The molecule has 3 nitrogen and oxygen atoms in total. The monoisotopic (exact) mass is 247 g/mol. The van der Waals surface area contributed by atoms with E-state index in [4.69, 9.17) is 0 Å². The minimum Gasteiger partial charge on any atom is -0.0687 e. The van der Waals surface area contributed by atoms with Crippen molar-refractivity contribution in [1.82, 2.24) is 10.6 Å². The van der Waals surface area contributed by atoms with Crippen LogP contribution in [0.3, 0.4) is 0 Å². The van der Waals surface area contributed by atoms with E-state index in [-0.39, 0.29) is 0 Å². The Hall–Kier alpha value is -2.68. The van der Waals surface area contributed by atoms with Crippen LogP contribution in [-0.2, 0) is 0 Å². The van der Waals surface area contributed by atoms with Crippen molar-refractivity contribution in [2.24, 2.45) is 5.11 Å². The highest BCUT2D eigenvalue weighted by atomic mass is 15.5. The van der Waals surface area contributed by atoms with Crippen LogP contribution in [0.1, 0.15) is 11.1 Å². The first-order valence-corrected chi connectivity index (χ1v) is 6.13. The summed E-state index contributed by atoms with van der Waals surface area (Å²) in [7, 11) is 0. The van der Waals surface area contributed by atoms with Crippen molar-refractivity contribution >= 4 is 11.8 Å². The summed E-state index contributed by atoms with van der Waals surface area (Å²) in [6.45, 7) is 0. The van der Waals surface area contributed by atoms with Crippen LogP contribution in [0.25, 0.3) is 11.8 Å². The van der Waals surface area contributed by atoms with Gasteiger partial charge in [0.15, 0.2) is 5.70 Å². The molecule has 0 saturated carbocycles. The zero-order valence-electron chi connectivity index (χ0n) is 10.3. The maximum Gasteiger partial charge on any atom is 0.331 e. The highest BCUT2D eigenvalue weighted by Gasteiger charge is 2.20. The lowest BCUT2D eigenvalue weighted by atomic mass is 10.1. The highest BCUT2D eigenvalue weighted by Crippen LogP contribution is 2.21. The summed E-state index contributed by atoms with van der Waals surface area (Å²) in [5, 5.41) is 8.03. The summed E-state index contributed by atoms with van der Waals surface area (Å²) in [4.78, 5) is 0. The molecule has 91 valence electrons. The van der Waals surface area contributed by atoms with Crippen LogP contribution in [-0.4, -0.2) is 0 Å². The van der Waals surface area contributed by atoms with Crippen LogP contribution >= 0.6 is 0 Å². The van der Waals surface area contributed by atoms with Gasteiger partial charge in [0.05, 0.1) is 0 Å². The van der Waals surface area contributed by atoms with Crippen LogP contribution in [0.2, 0.25) is 0 Å². The molecule has 1 aliphatic rings. The lowest BCUT2D eigenvalue weighted by molar-refractivity contribution is 0.784. The lowest BCUT2D eigenvalue weighted by Crippen LogP contribution is -2.07. The lowest BCUT2D eigenvalue weighted by Gasteiger charge is -1.96. The van der Waals surface area contributed by atoms with E-state index in [2.05, 4.69) is 27.9 Å². The average Bonchev–Trinajstić information content (AvgIpc) is 2.95. The third kappa shape index (κ3) is 2.60. The normalized spacial score (nSPS) is 14.1. The highest BCUT2D eigenvalue weighted by molar-refractivity contribution is 5.72. The summed E-state index contributed by atoms with van der Waals surface area (Å²) >= 11 is 0. The second kappa shape index (κ2) is 5.31. The number of hydrogen-bond acceptors (Lipinski definition) is 3. The maximum atomic E-state index is 4.14. The molecule has 2 aromatic carbocycles. The van der Waals surface area contributed by atoms with Gasteiger partial charge in [0.1, 0.15) is 10.8 Å². The van der Waals surface area contributed by atoms with Gasteiger partial charge in [0.25, 0.3) is 0 Å². The van der Waals surface area contributed by atoms with Gasteiger partial charge >= 0.3 is 5.22 Å². The van der Waals surface area contributed by atoms with E-state index < -0.39 is 0 Å². The zero-order chi connectivity index (χ0) is 12.9. The van der Waals surface area contributed by atoms with E-state index in [9.17, 15) is 0 Å². The van der Waals surface area contributed by atoms with Gasteiger partial charge in [-0.15, -0.1) is 0 Å². The molecule has 1 aliphatic heterocycles. The summed E-state index contributed by atoms with van der Waals surface area (Å²) in [5.41, 5.74) is 6.92. The number of nitrogens with one attached hydrogen (secondary N) is 1. The number of rotatable bonds is 3. The third-order valence-electron chi connectivity index (χ3n) is 2.86.